The van der Waals surface area contributed by atoms with Crippen LogP contribution in [-0.4, -0.2) is 17.1 Å². The Labute approximate surface area is 63.9 Å². The molecular formula is C7H6N3O. The first kappa shape index (κ1) is 6.15. The molecule has 1 aliphatic heterocycles. The van der Waals surface area contributed by atoms with E-state index in [1.165, 1.54) is 6.33 Å². The van der Waals surface area contributed by atoms with Crippen LogP contribution < -0.4 is 10.1 Å². The highest BCUT2D eigenvalue weighted by molar-refractivity contribution is 5.69. The minimum absolute atomic E-state index is 0.576. The maximum atomic E-state index is 4.99. The van der Waals surface area contributed by atoms with Crippen molar-refractivity contribution in [3.05, 3.63) is 18.1 Å². The molecular weight excluding hydrogens is 142 g/mol. The fraction of sp³-hybridized carbons (Fsp3) is 0.143. The van der Waals surface area contributed by atoms with Gasteiger partial charge in [-0.15, -0.1) is 0 Å². The first-order chi connectivity index (χ1) is 5.42. The predicted octanol–water partition coefficient (Wildman–Crippen LogP) is 0.705. The Balaban J connectivity index is 2.57. The van der Waals surface area contributed by atoms with Crippen molar-refractivity contribution in [1.82, 2.24) is 15.3 Å². The van der Waals surface area contributed by atoms with Gasteiger partial charge in [-0.25, -0.2) is 15.3 Å². The minimum Gasteiger partial charge on any atom is -0.480 e. The Morgan fingerprint density at radius 2 is 2.27 bits per heavy atom. The average Bonchev–Trinajstić information content (AvgIpc) is 2.50. The lowest BCUT2D eigenvalue weighted by Crippen LogP contribution is -1.94. The van der Waals surface area contributed by atoms with Crippen molar-refractivity contribution in [3.8, 4) is 5.88 Å². The van der Waals surface area contributed by atoms with E-state index in [0.29, 0.717) is 11.7 Å². The lowest BCUT2D eigenvalue weighted by molar-refractivity contribution is 0.396. The Kier molecular flexibility index (Phi) is 1.25. The van der Waals surface area contributed by atoms with E-state index < -0.39 is 0 Å². The molecule has 0 atom stereocenters. The second kappa shape index (κ2) is 2.23. The van der Waals surface area contributed by atoms with Gasteiger partial charge in [-0.3, -0.25) is 0 Å². The number of fused-ring (bicyclic) bond motifs is 1. The van der Waals surface area contributed by atoms with E-state index in [2.05, 4.69) is 15.3 Å². The van der Waals surface area contributed by atoms with Gasteiger partial charge in [0.1, 0.15) is 6.33 Å². The van der Waals surface area contributed by atoms with Crippen LogP contribution in [0.1, 0.15) is 5.56 Å². The lowest BCUT2D eigenvalue weighted by atomic mass is 10.3. The molecule has 0 saturated heterocycles. The molecule has 55 valence electrons. The highest BCUT2D eigenvalue weighted by atomic mass is 16.5. The summed E-state index contributed by atoms with van der Waals surface area (Å²) in [6.07, 6.45) is 4.95. The first-order valence-electron chi connectivity index (χ1n) is 3.18. The molecule has 0 amide bonds. The largest absolute Gasteiger partial charge is 0.480 e. The third kappa shape index (κ3) is 0.832. The monoisotopic (exact) mass is 148 g/mol. The summed E-state index contributed by atoms with van der Waals surface area (Å²) in [7, 11) is 1.58. The molecule has 0 fully saturated rings. The van der Waals surface area contributed by atoms with Crippen molar-refractivity contribution >= 4 is 11.9 Å². The molecule has 1 aliphatic rings. The lowest BCUT2D eigenvalue weighted by Gasteiger charge is -2.01. The van der Waals surface area contributed by atoms with Crippen LogP contribution in [0, 0.1) is 0 Å². The van der Waals surface area contributed by atoms with Crippen LogP contribution in [0.4, 0.5) is 5.82 Å². The molecule has 4 heteroatoms. The summed E-state index contributed by atoms with van der Waals surface area (Å²) >= 11 is 0. The molecule has 1 radical (unpaired) electrons. The predicted molar refractivity (Wildman–Crippen MR) is 39.4 cm³/mol. The molecule has 0 spiro atoms. The van der Waals surface area contributed by atoms with E-state index >= 15 is 0 Å². The molecule has 0 aliphatic carbocycles. The van der Waals surface area contributed by atoms with Crippen LogP contribution >= 0.6 is 0 Å². The molecule has 0 unspecified atom stereocenters. The maximum absolute atomic E-state index is 4.99. The van der Waals surface area contributed by atoms with Gasteiger partial charge >= 0.3 is 0 Å². The summed E-state index contributed by atoms with van der Waals surface area (Å²) in [5.74, 6) is 1.25. The summed E-state index contributed by atoms with van der Waals surface area (Å²) in [4.78, 5) is 7.87. The van der Waals surface area contributed by atoms with Gasteiger partial charge in [0.25, 0.3) is 0 Å². The summed E-state index contributed by atoms with van der Waals surface area (Å²) < 4.78 is 4.99. The van der Waals surface area contributed by atoms with E-state index in [-0.39, 0.29) is 0 Å². The molecule has 0 saturated carbocycles. The van der Waals surface area contributed by atoms with Crippen LogP contribution in [0.5, 0.6) is 5.88 Å². The molecule has 2 rings (SSSR count). The van der Waals surface area contributed by atoms with Gasteiger partial charge in [0.2, 0.25) is 5.88 Å². The van der Waals surface area contributed by atoms with Gasteiger partial charge in [0, 0.05) is 6.20 Å². The second-order valence-electron chi connectivity index (χ2n) is 2.07. The highest BCUT2D eigenvalue weighted by Crippen LogP contribution is 2.26. The molecule has 0 bridgehead atoms. The summed E-state index contributed by atoms with van der Waals surface area (Å²) in [6.45, 7) is 0. The van der Waals surface area contributed by atoms with Gasteiger partial charge in [-0.2, -0.15) is 0 Å². The Morgan fingerprint density at radius 3 is 3.09 bits per heavy atom. The van der Waals surface area contributed by atoms with Gasteiger partial charge < -0.3 is 4.74 Å². The molecule has 4 nitrogen and oxygen atoms in total. The fourth-order valence-electron chi connectivity index (χ4n) is 0.964. The number of rotatable bonds is 1. The standard InChI is InChI=1S/C7H6N3O/c1-11-7-5-2-3-8-6(5)9-4-10-7/h2-4H,1H3. The fourth-order valence-corrected chi connectivity index (χ4v) is 0.964. The SMILES string of the molecule is COc1ncnc2c1C=C[N]2. The van der Waals surface area contributed by atoms with Crippen molar-refractivity contribution in [2.45, 2.75) is 0 Å². The molecule has 1 aromatic rings. The van der Waals surface area contributed by atoms with E-state index in [0.717, 1.165) is 5.56 Å². The normalized spacial score (nSPS) is 12.5. The van der Waals surface area contributed by atoms with E-state index in [1.54, 1.807) is 13.3 Å². The number of nitrogens with zero attached hydrogens (tertiary/aromatic N) is 3. The molecule has 0 N–H and O–H groups in total. The highest BCUT2D eigenvalue weighted by Gasteiger charge is 2.12. The maximum Gasteiger partial charge on any atom is 0.225 e. The number of aromatic nitrogens is 2. The molecule has 1 aromatic heterocycles. The van der Waals surface area contributed by atoms with Gasteiger partial charge in [-0.1, -0.05) is 0 Å². The average molecular weight is 148 g/mol. The van der Waals surface area contributed by atoms with E-state index in [9.17, 15) is 0 Å². The van der Waals surface area contributed by atoms with Crippen LogP contribution in [0.3, 0.4) is 0 Å². The molecule has 0 aromatic carbocycles. The van der Waals surface area contributed by atoms with E-state index in [1.807, 2.05) is 6.08 Å². The van der Waals surface area contributed by atoms with Gasteiger partial charge in [0.15, 0.2) is 5.82 Å². The van der Waals surface area contributed by atoms with Crippen LogP contribution in [0.15, 0.2) is 12.5 Å². The zero-order valence-corrected chi connectivity index (χ0v) is 5.98. The number of methoxy groups -OCH3 is 1. The summed E-state index contributed by atoms with van der Waals surface area (Å²) in [5.41, 5.74) is 0.856. The van der Waals surface area contributed by atoms with Crippen molar-refractivity contribution < 1.29 is 4.74 Å². The number of hydrogen-bond acceptors (Lipinski definition) is 3. The third-order valence-corrected chi connectivity index (χ3v) is 1.46. The van der Waals surface area contributed by atoms with Crippen LogP contribution in [-0.2, 0) is 0 Å². The van der Waals surface area contributed by atoms with Crippen molar-refractivity contribution in [1.29, 1.82) is 0 Å². The Hall–Kier alpha value is -1.58. The second-order valence-corrected chi connectivity index (χ2v) is 2.07. The van der Waals surface area contributed by atoms with Crippen LogP contribution in [0.25, 0.3) is 6.08 Å². The number of hydrogen-bond donors (Lipinski definition) is 0. The summed E-state index contributed by atoms with van der Waals surface area (Å²) in [5, 5.41) is 4.00. The Bertz CT molecular complexity index is 309. The van der Waals surface area contributed by atoms with Gasteiger partial charge in [-0.05, 0) is 6.08 Å². The molecule has 2 heterocycles. The molecule has 11 heavy (non-hydrogen) atoms. The zero-order chi connectivity index (χ0) is 7.68. The van der Waals surface area contributed by atoms with Crippen molar-refractivity contribution in [3.63, 3.8) is 0 Å². The van der Waals surface area contributed by atoms with E-state index in [4.69, 9.17) is 4.74 Å². The zero-order valence-electron chi connectivity index (χ0n) is 5.98. The Morgan fingerprint density at radius 1 is 1.36 bits per heavy atom. The minimum atomic E-state index is 0.576. The van der Waals surface area contributed by atoms with Crippen molar-refractivity contribution in [2.24, 2.45) is 0 Å². The van der Waals surface area contributed by atoms with Crippen molar-refractivity contribution in [2.75, 3.05) is 7.11 Å². The van der Waals surface area contributed by atoms with Crippen LogP contribution in [0.2, 0.25) is 0 Å². The number of ether oxygens (including phenoxy) is 1. The smallest absolute Gasteiger partial charge is 0.225 e. The quantitative estimate of drug-likeness (QED) is 0.589. The first-order valence-corrected chi connectivity index (χ1v) is 3.18. The summed E-state index contributed by atoms with van der Waals surface area (Å²) in [6, 6.07) is 0. The third-order valence-electron chi connectivity index (χ3n) is 1.46. The topological polar surface area (TPSA) is 49.1 Å². The van der Waals surface area contributed by atoms with Gasteiger partial charge in [0.05, 0.1) is 12.7 Å².